The van der Waals surface area contributed by atoms with Crippen molar-refractivity contribution in [3.63, 3.8) is 0 Å². The lowest BCUT2D eigenvalue weighted by Crippen LogP contribution is -2.11. The Labute approximate surface area is 121 Å². The van der Waals surface area contributed by atoms with E-state index in [9.17, 15) is 9.59 Å². The van der Waals surface area contributed by atoms with E-state index >= 15 is 0 Å². The number of ether oxygens (including phenoxy) is 1. The van der Waals surface area contributed by atoms with E-state index in [1.165, 1.54) is 0 Å². The molecule has 3 aromatic rings. The molecule has 2 aromatic carbocycles. The minimum atomic E-state index is -0.0908. The van der Waals surface area contributed by atoms with Crippen LogP contribution in [-0.2, 0) is 0 Å². The Morgan fingerprint density at radius 3 is 2.62 bits per heavy atom. The van der Waals surface area contributed by atoms with E-state index in [1.807, 2.05) is 24.3 Å². The maximum absolute atomic E-state index is 12.2. The normalized spacial score (nSPS) is 10.5. The molecule has 0 aliphatic heterocycles. The van der Waals surface area contributed by atoms with Gasteiger partial charge in [0.05, 0.1) is 0 Å². The van der Waals surface area contributed by atoms with Crippen molar-refractivity contribution in [2.75, 3.05) is 6.61 Å². The number of carbonyl (C=O) groups is 2. The minimum Gasteiger partial charge on any atom is -0.485 e. The number of para-hydroxylation sites is 1. The van der Waals surface area contributed by atoms with Crippen LogP contribution in [-0.4, -0.2) is 23.7 Å². The van der Waals surface area contributed by atoms with E-state index in [1.54, 1.807) is 30.5 Å². The average molecular weight is 279 g/mol. The highest BCUT2D eigenvalue weighted by Gasteiger charge is 2.12. The number of aldehydes is 1. The van der Waals surface area contributed by atoms with E-state index in [0.29, 0.717) is 16.9 Å². The molecule has 21 heavy (non-hydrogen) atoms. The molecule has 0 saturated heterocycles. The maximum Gasteiger partial charge on any atom is 0.202 e. The van der Waals surface area contributed by atoms with Crippen LogP contribution in [0, 0.1) is 0 Å². The molecule has 4 nitrogen and oxygen atoms in total. The SMILES string of the molecule is O=Cc1ccc(OCC(=O)c2c[nH]c3ccccc23)cc1. The molecule has 0 fully saturated rings. The second-order valence-corrected chi connectivity index (χ2v) is 4.65. The third kappa shape index (κ3) is 2.69. The van der Waals surface area contributed by atoms with E-state index in [2.05, 4.69) is 4.98 Å². The largest absolute Gasteiger partial charge is 0.485 e. The van der Waals surface area contributed by atoms with E-state index < -0.39 is 0 Å². The zero-order valence-corrected chi connectivity index (χ0v) is 11.2. The predicted octanol–water partition coefficient (Wildman–Crippen LogP) is 3.24. The van der Waals surface area contributed by atoms with Crippen molar-refractivity contribution in [2.45, 2.75) is 0 Å². The Morgan fingerprint density at radius 2 is 1.86 bits per heavy atom. The van der Waals surface area contributed by atoms with Crippen molar-refractivity contribution in [1.82, 2.24) is 4.98 Å². The molecule has 0 aliphatic rings. The van der Waals surface area contributed by atoms with Crippen LogP contribution in [0.5, 0.6) is 5.75 Å². The number of benzene rings is 2. The molecule has 1 N–H and O–H groups in total. The summed E-state index contributed by atoms with van der Waals surface area (Å²) in [6.07, 6.45) is 2.47. The first-order valence-electron chi connectivity index (χ1n) is 6.55. The lowest BCUT2D eigenvalue weighted by Gasteiger charge is -2.05. The molecule has 0 aliphatic carbocycles. The molecule has 0 saturated carbocycles. The summed E-state index contributed by atoms with van der Waals surface area (Å²) < 4.78 is 5.46. The Kier molecular flexibility index (Phi) is 3.51. The number of hydrogen-bond acceptors (Lipinski definition) is 3. The Balaban J connectivity index is 1.72. The van der Waals surface area contributed by atoms with E-state index in [-0.39, 0.29) is 12.4 Å². The number of fused-ring (bicyclic) bond motifs is 1. The second kappa shape index (κ2) is 5.63. The van der Waals surface area contributed by atoms with Crippen LogP contribution in [0.2, 0.25) is 0 Å². The van der Waals surface area contributed by atoms with Crippen molar-refractivity contribution < 1.29 is 14.3 Å². The van der Waals surface area contributed by atoms with Crippen molar-refractivity contribution >= 4 is 23.0 Å². The standard InChI is InChI=1S/C17H13NO3/c19-10-12-5-7-13(8-6-12)21-11-17(20)15-9-18-16-4-2-1-3-14(15)16/h1-10,18H,11H2. The van der Waals surface area contributed by atoms with Gasteiger partial charge in [-0.25, -0.2) is 0 Å². The third-order valence-electron chi connectivity index (χ3n) is 3.28. The summed E-state index contributed by atoms with van der Waals surface area (Å²) in [6.45, 7) is -0.0394. The van der Waals surface area contributed by atoms with Crippen LogP contribution in [0.3, 0.4) is 0 Å². The number of carbonyl (C=O) groups excluding carboxylic acids is 2. The second-order valence-electron chi connectivity index (χ2n) is 4.65. The summed E-state index contributed by atoms with van der Waals surface area (Å²) in [7, 11) is 0. The van der Waals surface area contributed by atoms with Crippen molar-refractivity contribution in [2.24, 2.45) is 0 Å². The first-order valence-corrected chi connectivity index (χ1v) is 6.55. The molecular weight excluding hydrogens is 266 g/mol. The highest BCUT2D eigenvalue weighted by molar-refractivity contribution is 6.08. The van der Waals surface area contributed by atoms with E-state index in [4.69, 9.17) is 4.74 Å². The Bertz CT molecular complexity index is 787. The van der Waals surface area contributed by atoms with Crippen LogP contribution in [0.4, 0.5) is 0 Å². The average Bonchev–Trinajstić information content (AvgIpc) is 2.97. The zero-order valence-electron chi connectivity index (χ0n) is 11.2. The molecule has 0 amide bonds. The van der Waals surface area contributed by atoms with Crippen LogP contribution in [0.15, 0.2) is 54.7 Å². The van der Waals surface area contributed by atoms with Gasteiger partial charge in [0, 0.05) is 28.2 Å². The fraction of sp³-hybridized carbons (Fsp3) is 0.0588. The number of Topliss-reactive ketones (excluding diaryl/α,β-unsaturated/α-hetero) is 1. The molecular formula is C17H13NO3. The van der Waals surface area contributed by atoms with Crippen LogP contribution in [0.25, 0.3) is 10.9 Å². The van der Waals surface area contributed by atoms with Crippen LogP contribution in [0.1, 0.15) is 20.7 Å². The quantitative estimate of drug-likeness (QED) is 0.576. The van der Waals surface area contributed by atoms with Gasteiger partial charge in [0.15, 0.2) is 6.61 Å². The summed E-state index contributed by atoms with van der Waals surface area (Å²) in [5, 5.41) is 0.891. The van der Waals surface area contributed by atoms with Gasteiger partial charge in [-0.15, -0.1) is 0 Å². The zero-order chi connectivity index (χ0) is 14.7. The van der Waals surface area contributed by atoms with Crippen molar-refractivity contribution in [3.8, 4) is 5.75 Å². The lowest BCUT2D eigenvalue weighted by atomic mass is 10.1. The topological polar surface area (TPSA) is 59.2 Å². The highest BCUT2D eigenvalue weighted by Crippen LogP contribution is 2.19. The number of hydrogen-bond donors (Lipinski definition) is 1. The molecule has 0 radical (unpaired) electrons. The third-order valence-corrected chi connectivity index (χ3v) is 3.28. The maximum atomic E-state index is 12.2. The smallest absolute Gasteiger partial charge is 0.202 e. The number of H-pyrrole nitrogens is 1. The fourth-order valence-electron chi connectivity index (χ4n) is 2.17. The molecule has 1 heterocycles. The van der Waals surface area contributed by atoms with Crippen molar-refractivity contribution in [3.05, 3.63) is 65.9 Å². The van der Waals surface area contributed by atoms with Gasteiger partial charge in [-0.1, -0.05) is 18.2 Å². The van der Waals surface area contributed by atoms with Gasteiger partial charge in [0.2, 0.25) is 5.78 Å². The molecule has 104 valence electrons. The number of aromatic amines is 1. The molecule has 0 bridgehead atoms. The number of ketones is 1. The summed E-state index contributed by atoms with van der Waals surface area (Å²) in [5.41, 5.74) is 2.12. The van der Waals surface area contributed by atoms with Gasteiger partial charge in [0.25, 0.3) is 0 Å². The molecule has 3 rings (SSSR count). The predicted molar refractivity (Wildman–Crippen MR) is 80.0 cm³/mol. The van der Waals surface area contributed by atoms with Gasteiger partial charge < -0.3 is 9.72 Å². The van der Waals surface area contributed by atoms with Crippen LogP contribution < -0.4 is 4.74 Å². The number of nitrogens with one attached hydrogen (secondary N) is 1. The summed E-state index contributed by atoms with van der Waals surface area (Å²) in [6, 6.07) is 14.3. The molecule has 1 aromatic heterocycles. The molecule has 0 spiro atoms. The first kappa shape index (κ1) is 13.1. The first-order chi connectivity index (χ1) is 10.3. The summed E-state index contributed by atoms with van der Waals surface area (Å²) in [5.74, 6) is 0.473. The van der Waals surface area contributed by atoms with Gasteiger partial charge in [-0.3, -0.25) is 9.59 Å². The Morgan fingerprint density at radius 1 is 1.10 bits per heavy atom. The van der Waals surface area contributed by atoms with Gasteiger partial charge in [-0.2, -0.15) is 0 Å². The molecule has 0 unspecified atom stereocenters. The summed E-state index contributed by atoms with van der Waals surface area (Å²) in [4.78, 5) is 25.8. The summed E-state index contributed by atoms with van der Waals surface area (Å²) >= 11 is 0. The minimum absolute atomic E-state index is 0.0394. The monoisotopic (exact) mass is 279 g/mol. The van der Waals surface area contributed by atoms with Gasteiger partial charge in [0.1, 0.15) is 12.0 Å². The fourth-order valence-corrected chi connectivity index (χ4v) is 2.17. The number of aromatic nitrogens is 1. The van der Waals surface area contributed by atoms with Crippen molar-refractivity contribution in [1.29, 1.82) is 0 Å². The molecule has 0 atom stereocenters. The highest BCUT2D eigenvalue weighted by atomic mass is 16.5. The van der Waals surface area contributed by atoms with E-state index in [0.717, 1.165) is 17.2 Å². The molecule has 4 heteroatoms. The van der Waals surface area contributed by atoms with Gasteiger partial charge >= 0.3 is 0 Å². The lowest BCUT2D eigenvalue weighted by molar-refractivity contribution is 0.0923. The van der Waals surface area contributed by atoms with Crippen LogP contribution >= 0.6 is 0 Å². The number of rotatable bonds is 5. The Hall–Kier alpha value is -2.88. The van der Waals surface area contributed by atoms with Gasteiger partial charge in [-0.05, 0) is 30.3 Å².